The third-order valence-corrected chi connectivity index (χ3v) is 6.40. The summed E-state index contributed by atoms with van der Waals surface area (Å²) < 4.78 is 2.05. The molecule has 146 valence electrons. The van der Waals surface area contributed by atoms with E-state index < -0.39 is 0 Å². The normalized spacial score (nSPS) is 15.1. The van der Waals surface area contributed by atoms with E-state index in [4.69, 9.17) is 0 Å². The minimum Gasteiger partial charge on any atom is -0.337 e. The van der Waals surface area contributed by atoms with Gasteiger partial charge in [0.15, 0.2) is 5.65 Å². The Hall–Kier alpha value is -3.06. The van der Waals surface area contributed by atoms with Gasteiger partial charge in [0.05, 0.1) is 0 Å². The first kappa shape index (κ1) is 18.0. The SMILES string of the molecule is Cc1ccc(-c2nc(C(=O)N3CCC(c4nnc5ccccn45)CC3)cs2)cc1. The number of carbonyl (C=O) groups excluding carboxylic acids is 1. The zero-order valence-electron chi connectivity index (χ0n) is 16.2. The van der Waals surface area contributed by atoms with E-state index in [1.54, 1.807) is 0 Å². The van der Waals surface area contributed by atoms with Crippen molar-refractivity contribution in [3.05, 3.63) is 71.1 Å². The quantitative estimate of drug-likeness (QED) is 0.515. The molecule has 1 fully saturated rings. The van der Waals surface area contributed by atoms with Gasteiger partial charge in [-0.25, -0.2) is 4.98 Å². The molecule has 0 unspecified atom stereocenters. The highest BCUT2D eigenvalue weighted by atomic mass is 32.1. The minimum atomic E-state index is 0.0177. The Bertz CT molecular complexity index is 1160. The predicted octanol–water partition coefficient (Wildman–Crippen LogP) is 4.18. The van der Waals surface area contributed by atoms with Crippen LogP contribution in [0, 0.1) is 6.92 Å². The maximum atomic E-state index is 12.9. The molecule has 1 amide bonds. The number of pyridine rings is 1. The van der Waals surface area contributed by atoms with Crippen molar-refractivity contribution in [2.45, 2.75) is 25.7 Å². The van der Waals surface area contributed by atoms with E-state index in [-0.39, 0.29) is 5.91 Å². The van der Waals surface area contributed by atoms with Crippen molar-refractivity contribution < 1.29 is 4.79 Å². The van der Waals surface area contributed by atoms with Crippen LogP contribution in [0.2, 0.25) is 0 Å². The Morgan fingerprint density at radius 3 is 2.66 bits per heavy atom. The molecule has 0 atom stereocenters. The number of likely N-dealkylation sites (tertiary alicyclic amines) is 1. The van der Waals surface area contributed by atoms with Gasteiger partial charge in [0, 0.05) is 36.1 Å². The molecule has 0 N–H and O–H groups in total. The van der Waals surface area contributed by atoms with Crippen LogP contribution in [0.15, 0.2) is 54.0 Å². The molecule has 3 aromatic heterocycles. The van der Waals surface area contributed by atoms with Gasteiger partial charge in [0.1, 0.15) is 16.5 Å². The van der Waals surface area contributed by atoms with E-state index in [2.05, 4.69) is 50.8 Å². The maximum absolute atomic E-state index is 12.9. The van der Waals surface area contributed by atoms with Gasteiger partial charge in [-0.2, -0.15) is 0 Å². The summed E-state index contributed by atoms with van der Waals surface area (Å²) >= 11 is 1.52. The molecule has 4 heterocycles. The highest BCUT2D eigenvalue weighted by Crippen LogP contribution is 2.29. The fourth-order valence-electron chi connectivity index (χ4n) is 3.84. The molecule has 29 heavy (non-hydrogen) atoms. The van der Waals surface area contributed by atoms with Gasteiger partial charge in [-0.15, -0.1) is 21.5 Å². The average Bonchev–Trinajstić information content (AvgIpc) is 3.42. The third-order valence-electron chi connectivity index (χ3n) is 5.51. The Morgan fingerprint density at radius 1 is 1.07 bits per heavy atom. The van der Waals surface area contributed by atoms with Crippen LogP contribution in [0.25, 0.3) is 16.2 Å². The summed E-state index contributed by atoms with van der Waals surface area (Å²) in [5.41, 5.74) is 3.67. The highest BCUT2D eigenvalue weighted by molar-refractivity contribution is 7.13. The van der Waals surface area contributed by atoms with Gasteiger partial charge < -0.3 is 4.90 Å². The highest BCUT2D eigenvalue weighted by Gasteiger charge is 2.28. The summed E-state index contributed by atoms with van der Waals surface area (Å²) in [6.45, 7) is 3.48. The molecular formula is C22H21N5OS. The summed E-state index contributed by atoms with van der Waals surface area (Å²) in [6, 6.07) is 14.2. The summed E-state index contributed by atoms with van der Waals surface area (Å²) in [6.07, 6.45) is 3.77. The number of benzene rings is 1. The Balaban J connectivity index is 1.27. The second kappa shape index (κ2) is 7.40. The zero-order valence-corrected chi connectivity index (χ0v) is 17.0. The number of hydrogen-bond acceptors (Lipinski definition) is 5. The molecule has 5 rings (SSSR count). The van der Waals surface area contributed by atoms with Crippen molar-refractivity contribution in [3.8, 4) is 10.6 Å². The lowest BCUT2D eigenvalue weighted by Gasteiger charge is -2.30. The van der Waals surface area contributed by atoms with E-state index in [1.165, 1.54) is 16.9 Å². The number of hydrogen-bond donors (Lipinski definition) is 0. The predicted molar refractivity (Wildman–Crippen MR) is 113 cm³/mol. The molecule has 1 aliphatic rings. The maximum Gasteiger partial charge on any atom is 0.273 e. The minimum absolute atomic E-state index is 0.0177. The number of thiazole rings is 1. The molecule has 0 radical (unpaired) electrons. The van der Waals surface area contributed by atoms with E-state index >= 15 is 0 Å². The van der Waals surface area contributed by atoms with Crippen LogP contribution in [-0.2, 0) is 0 Å². The number of rotatable bonds is 3. The fraction of sp³-hybridized carbons (Fsp3) is 0.273. The van der Waals surface area contributed by atoms with Crippen molar-refractivity contribution >= 4 is 22.9 Å². The zero-order chi connectivity index (χ0) is 19.8. The van der Waals surface area contributed by atoms with Crippen molar-refractivity contribution in [1.82, 2.24) is 24.5 Å². The number of nitrogens with zero attached hydrogens (tertiary/aromatic N) is 5. The van der Waals surface area contributed by atoms with Crippen molar-refractivity contribution in [1.29, 1.82) is 0 Å². The van der Waals surface area contributed by atoms with Crippen LogP contribution in [0.5, 0.6) is 0 Å². The Kier molecular flexibility index (Phi) is 4.60. The average molecular weight is 404 g/mol. The second-order valence-electron chi connectivity index (χ2n) is 7.46. The number of amides is 1. The molecule has 7 heteroatoms. The molecule has 0 bridgehead atoms. The van der Waals surface area contributed by atoms with E-state index in [0.717, 1.165) is 34.9 Å². The Morgan fingerprint density at radius 2 is 1.86 bits per heavy atom. The largest absolute Gasteiger partial charge is 0.337 e. The summed E-state index contributed by atoms with van der Waals surface area (Å²) in [7, 11) is 0. The summed E-state index contributed by atoms with van der Waals surface area (Å²) in [4.78, 5) is 19.4. The molecule has 4 aromatic rings. The lowest BCUT2D eigenvalue weighted by atomic mass is 9.96. The van der Waals surface area contributed by atoms with Gasteiger partial charge in [-0.1, -0.05) is 35.9 Å². The molecular weight excluding hydrogens is 382 g/mol. The molecule has 0 aliphatic carbocycles. The van der Waals surface area contributed by atoms with Gasteiger partial charge in [-0.3, -0.25) is 9.20 Å². The van der Waals surface area contributed by atoms with Crippen molar-refractivity contribution in [3.63, 3.8) is 0 Å². The van der Waals surface area contributed by atoms with E-state index in [0.29, 0.717) is 24.7 Å². The molecule has 0 spiro atoms. The standard InChI is InChI=1S/C22H21N5OS/c1-15-5-7-17(8-6-15)21-23-18(14-29-21)22(28)26-12-9-16(10-13-26)20-25-24-19-4-2-3-11-27(19)20/h2-8,11,14,16H,9-10,12-13H2,1H3. The summed E-state index contributed by atoms with van der Waals surface area (Å²) in [5, 5.41) is 11.4. The first-order valence-electron chi connectivity index (χ1n) is 9.80. The van der Waals surface area contributed by atoms with E-state index in [9.17, 15) is 4.79 Å². The van der Waals surface area contributed by atoms with Gasteiger partial charge >= 0.3 is 0 Å². The second-order valence-corrected chi connectivity index (χ2v) is 8.32. The van der Waals surface area contributed by atoms with Crippen LogP contribution >= 0.6 is 11.3 Å². The third kappa shape index (κ3) is 3.42. The molecule has 0 saturated carbocycles. The first-order valence-corrected chi connectivity index (χ1v) is 10.7. The number of aryl methyl sites for hydroxylation is 1. The molecule has 1 aliphatic heterocycles. The van der Waals surface area contributed by atoms with Crippen LogP contribution in [0.3, 0.4) is 0 Å². The summed E-state index contributed by atoms with van der Waals surface area (Å²) in [5.74, 6) is 1.32. The molecule has 1 aromatic carbocycles. The Labute approximate surface area is 172 Å². The van der Waals surface area contributed by atoms with Crippen LogP contribution in [0.1, 0.15) is 40.6 Å². The monoisotopic (exact) mass is 403 g/mol. The van der Waals surface area contributed by atoms with Crippen LogP contribution in [-0.4, -0.2) is 43.5 Å². The smallest absolute Gasteiger partial charge is 0.273 e. The van der Waals surface area contributed by atoms with Gasteiger partial charge in [-0.05, 0) is 31.9 Å². The lowest BCUT2D eigenvalue weighted by Crippen LogP contribution is -2.38. The molecule has 6 nitrogen and oxygen atoms in total. The van der Waals surface area contributed by atoms with Crippen LogP contribution in [0.4, 0.5) is 0 Å². The van der Waals surface area contributed by atoms with Crippen LogP contribution < -0.4 is 0 Å². The number of fused-ring (bicyclic) bond motifs is 1. The van der Waals surface area contributed by atoms with Gasteiger partial charge in [0.25, 0.3) is 5.91 Å². The van der Waals surface area contributed by atoms with E-state index in [1.807, 2.05) is 34.7 Å². The number of piperidine rings is 1. The topological polar surface area (TPSA) is 63.4 Å². The molecule has 1 saturated heterocycles. The fourth-order valence-corrected chi connectivity index (χ4v) is 4.64. The number of carbonyl (C=O) groups is 1. The lowest BCUT2D eigenvalue weighted by molar-refractivity contribution is 0.0706. The van der Waals surface area contributed by atoms with Crippen molar-refractivity contribution in [2.75, 3.05) is 13.1 Å². The van der Waals surface area contributed by atoms with Gasteiger partial charge in [0.2, 0.25) is 0 Å². The first-order chi connectivity index (χ1) is 14.2. The number of aromatic nitrogens is 4. The van der Waals surface area contributed by atoms with Crippen molar-refractivity contribution in [2.24, 2.45) is 0 Å².